The lowest BCUT2D eigenvalue weighted by Gasteiger charge is -2.28. The number of fused-ring (bicyclic) bond motifs is 2. The monoisotopic (exact) mass is 773 g/mol. The Morgan fingerprint density at radius 1 is 0.906 bits per heavy atom. The molecule has 1 aliphatic heterocycles. The Morgan fingerprint density at radius 2 is 1.55 bits per heavy atom. The standard InChI is InChI=1S/C34H33F6N3O9S/c1-17-13-18(14-53(46,47)43-31(45)30(50-4)23-21(48-2)8-5-9-22(23)49-3)10-11-19(17)27-24-25(32(42-27)52-16-34(38,39)40)26-20(7-6-12-41-26)29(28(24)44)51-15-33(35,36)37/h5-13,27,29-30,32,42H,14-16H2,1-4H3,(H,43,45). The number of methoxy groups -OCH3 is 3. The second kappa shape index (κ2) is 15.4. The van der Waals surface area contributed by atoms with Gasteiger partial charge in [0.2, 0.25) is 10.0 Å². The van der Waals surface area contributed by atoms with Crippen LogP contribution >= 0.6 is 0 Å². The quantitative estimate of drug-likeness (QED) is 0.227. The van der Waals surface area contributed by atoms with Crippen molar-refractivity contribution in [1.82, 2.24) is 15.0 Å². The Morgan fingerprint density at radius 3 is 2.13 bits per heavy atom. The van der Waals surface area contributed by atoms with Crippen LogP contribution in [0.1, 0.15) is 51.8 Å². The molecule has 2 heterocycles. The van der Waals surface area contributed by atoms with Crippen molar-refractivity contribution in [2.24, 2.45) is 0 Å². The number of amides is 1. The fraction of sp³-hybridized carbons (Fsp3) is 0.382. The predicted molar refractivity (Wildman–Crippen MR) is 174 cm³/mol. The number of carbonyl (C=O) groups excluding carboxylic acids is 2. The van der Waals surface area contributed by atoms with Crippen molar-refractivity contribution in [2.75, 3.05) is 34.5 Å². The molecule has 3 aromatic rings. The fourth-order valence-electron chi connectivity index (χ4n) is 6.28. The highest BCUT2D eigenvalue weighted by Crippen LogP contribution is 2.48. The van der Waals surface area contributed by atoms with Gasteiger partial charge in [-0.3, -0.25) is 24.6 Å². The number of ether oxygens (including phenoxy) is 5. The van der Waals surface area contributed by atoms with Crippen LogP contribution in [0.25, 0.3) is 5.57 Å². The van der Waals surface area contributed by atoms with Gasteiger partial charge in [-0.2, -0.15) is 26.3 Å². The highest BCUT2D eigenvalue weighted by Gasteiger charge is 2.49. The molecule has 4 atom stereocenters. The van der Waals surface area contributed by atoms with Crippen molar-refractivity contribution in [1.29, 1.82) is 0 Å². The smallest absolute Gasteiger partial charge is 0.411 e. The van der Waals surface area contributed by atoms with Crippen LogP contribution < -0.4 is 19.5 Å². The van der Waals surface area contributed by atoms with Gasteiger partial charge in [-0.05, 0) is 41.8 Å². The number of rotatable bonds is 13. The third-order valence-corrected chi connectivity index (χ3v) is 9.55. The molecule has 0 radical (unpaired) electrons. The van der Waals surface area contributed by atoms with E-state index < -0.39 is 77.5 Å². The average Bonchev–Trinajstić information content (AvgIpc) is 3.46. The summed E-state index contributed by atoms with van der Waals surface area (Å²) >= 11 is 0. The molecular weight excluding hydrogens is 740 g/mol. The summed E-state index contributed by atoms with van der Waals surface area (Å²) in [6, 6.07) is 10.2. The second-order valence-electron chi connectivity index (χ2n) is 12.0. The van der Waals surface area contributed by atoms with E-state index in [1.165, 1.54) is 76.9 Å². The Bertz CT molecular complexity index is 2000. The normalized spacial score (nSPS) is 19.4. The van der Waals surface area contributed by atoms with E-state index in [4.69, 9.17) is 23.7 Å². The number of pyridine rings is 1. The van der Waals surface area contributed by atoms with Crippen LogP contribution in [-0.2, 0) is 39.6 Å². The first-order chi connectivity index (χ1) is 24.9. The molecule has 5 rings (SSSR count). The number of hydrogen-bond acceptors (Lipinski definition) is 11. The minimum absolute atomic E-state index is 0.0762. The molecule has 0 fully saturated rings. The van der Waals surface area contributed by atoms with Crippen molar-refractivity contribution in [3.63, 3.8) is 0 Å². The van der Waals surface area contributed by atoms with Crippen LogP contribution in [0.2, 0.25) is 0 Å². The molecule has 0 saturated heterocycles. The van der Waals surface area contributed by atoms with Crippen LogP contribution in [0.5, 0.6) is 11.5 Å². The number of aryl methyl sites for hydroxylation is 1. The summed E-state index contributed by atoms with van der Waals surface area (Å²) in [4.78, 5) is 31.3. The van der Waals surface area contributed by atoms with Crippen LogP contribution in [0, 0.1) is 6.92 Å². The van der Waals surface area contributed by atoms with Gasteiger partial charge >= 0.3 is 12.4 Å². The third-order valence-electron chi connectivity index (χ3n) is 8.33. The van der Waals surface area contributed by atoms with Crippen LogP contribution in [0.15, 0.2) is 60.3 Å². The van der Waals surface area contributed by atoms with Crippen molar-refractivity contribution < 1.29 is 68.0 Å². The SMILES string of the molecule is COc1cccc(OC)c1C(OC)C(=O)NS(=O)(=O)Cc1ccc(C2NC(OCC(F)(F)F)C3=C2C(=O)C(OCC(F)(F)F)c2cccnc23)c(C)c1. The molecule has 0 spiro atoms. The number of benzene rings is 2. The number of halogens is 6. The van der Waals surface area contributed by atoms with Gasteiger partial charge in [0.15, 0.2) is 11.9 Å². The summed E-state index contributed by atoms with van der Waals surface area (Å²) in [6.45, 7) is -1.99. The van der Waals surface area contributed by atoms with E-state index in [1.807, 2.05) is 4.72 Å². The molecule has 1 amide bonds. The van der Waals surface area contributed by atoms with Gasteiger partial charge in [0.1, 0.15) is 37.0 Å². The maximum Gasteiger partial charge on any atom is 0.411 e. The highest BCUT2D eigenvalue weighted by molar-refractivity contribution is 7.89. The van der Waals surface area contributed by atoms with Gasteiger partial charge in [0.05, 0.1) is 37.3 Å². The summed E-state index contributed by atoms with van der Waals surface area (Å²) in [5.74, 6) is -2.31. The highest BCUT2D eigenvalue weighted by atomic mass is 32.2. The molecule has 0 bridgehead atoms. The Kier molecular flexibility index (Phi) is 11.5. The van der Waals surface area contributed by atoms with Gasteiger partial charge in [-0.1, -0.05) is 30.3 Å². The first kappa shape index (κ1) is 39.6. The second-order valence-corrected chi connectivity index (χ2v) is 13.7. The number of nitrogens with zero attached hydrogens (tertiary/aromatic N) is 1. The van der Waals surface area contributed by atoms with E-state index in [9.17, 15) is 44.3 Å². The van der Waals surface area contributed by atoms with Crippen molar-refractivity contribution in [2.45, 2.75) is 49.5 Å². The number of carbonyl (C=O) groups is 2. The molecule has 286 valence electrons. The number of nitrogens with one attached hydrogen (secondary N) is 2. The fourth-order valence-corrected chi connectivity index (χ4v) is 7.39. The molecule has 53 heavy (non-hydrogen) atoms. The molecular formula is C34H33F6N3O9S. The number of sulfonamides is 1. The summed E-state index contributed by atoms with van der Waals surface area (Å²) in [7, 11) is -0.499. The number of ketones is 1. The molecule has 4 unspecified atom stereocenters. The van der Waals surface area contributed by atoms with Crippen molar-refractivity contribution >= 4 is 27.3 Å². The lowest BCUT2D eigenvalue weighted by Crippen LogP contribution is -2.36. The first-order valence-corrected chi connectivity index (χ1v) is 17.3. The van der Waals surface area contributed by atoms with E-state index in [2.05, 4.69) is 10.3 Å². The molecule has 2 aliphatic rings. The van der Waals surface area contributed by atoms with Gasteiger partial charge < -0.3 is 23.7 Å². The number of Topliss-reactive ketones (excluding diaryl/α,β-unsaturated/α-hetero) is 1. The lowest BCUT2D eigenvalue weighted by atomic mass is 9.82. The minimum Gasteiger partial charge on any atom is -0.496 e. The summed E-state index contributed by atoms with van der Waals surface area (Å²) in [6.07, 6.45) is -13.1. The molecule has 19 heteroatoms. The van der Waals surface area contributed by atoms with Crippen LogP contribution in [-0.4, -0.2) is 78.2 Å². The number of aromatic nitrogens is 1. The summed E-state index contributed by atoms with van der Waals surface area (Å²) in [5, 5.41) is 2.83. The third kappa shape index (κ3) is 8.81. The van der Waals surface area contributed by atoms with E-state index in [0.29, 0.717) is 5.56 Å². The van der Waals surface area contributed by atoms with E-state index >= 15 is 0 Å². The van der Waals surface area contributed by atoms with Crippen molar-refractivity contribution in [3.05, 3.63) is 93.8 Å². The zero-order chi connectivity index (χ0) is 38.9. The lowest BCUT2D eigenvalue weighted by molar-refractivity contribution is -0.187. The van der Waals surface area contributed by atoms with Gasteiger partial charge in [-0.25, -0.2) is 8.42 Å². The average molecular weight is 774 g/mol. The summed E-state index contributed by atoms with van der Waals surface area (Å²) in [5.41, 5.74) is 0.445. The van der Waals surface area contributed by atoms with Gasteiger partial charge in [0, 0.05) is 30.0 Å². The number of alkyl halides is 6. The predicted octanol–water partition coefficient (Wildman–Crippen LogP) is 4.95. The van der Waals surface area contributed by atoms with Crippen LogP contribution in [0.4, 0.5) is 26.3 Å². The zero-order valence-corrected chi connectivity index (χ0v) is 29.2. The molecule has 12 nitrogen and oxygen atoms in total. The van der Waals surface area contributed by atoms with Gasteiger partial charge in [-0.15, -0.1) is 0 Å². The van der Waals surface area contributed by atoms with E-state index in [-0.39, 0.29) is 50.6 Å². The molecule has 2 N–H and O–H groups in total. The number of hydrogen-bond donors (Lipinski definition) is 2. The zero-order valence-electron chi connectivity index (χ0n) is 28.4. The van der Waals surface area contributed by atoms with E-state index in [1.54, 1.807) is 6.07 Å². The Hall–Kier alpha value is -4.56. The van der Waals surface area contributed by atoms with Crippen molar-refractivity contribution in [3.8, 4) is 11.5 Å². The van der Waals surface area contributed by atoms with E-state index in [0.717, 1.165) is 0 Å². The largest absolute Gasteiger partial charge is 0.496 e. The topological polar surface area (TPSA) is 151 Å². The molecule has 1 aromatic heterocycles. The molecule has 1 aliphatic carbocycles. The first-order valence-electron chi connectivity index (χ1n) is 15.6. The maximum absolute atomic E-state index is 13.9. The Labute approximate surface area is 299 Å². The molecule has 0 saturated carbocycles. The summed E-state index contributed by atoms with van der Waals surface area (Å²) < 4.78 is 134. The molecule has 2 aromatic carbocycles. The Balaban J connectivity index is 1.45. The van der Waals surface area contributed by atoms with Crippen LogP contribution in [0.3, 0.4) is 0 Å². The van der Waals surface area contributed by atoms with Gasteiger partial charge in [0.25, 0.3) is 5.91 Å². The minimum atomic E-state index is -4.80. The maximum atomic E-state index is 13.9.